The average molecular weight is 294 g/mol. The van der Waals surface area contributed by atoms with Crippen molar-refractivity contribution in [2.45, 2.75) is 13.0 Å². The third kappa shape index (κ3) is 3.28. The van der Waals surface area contributed by atoms with E-state index in [4.69, 9.17) is 21.6 Å². The first kappa shape index (κ1) is 14.8. The van der Waals surface area contributed by atoms with Crippen molar-refractivity contribution in [3.05, 3.63) is 28.8 Å². The fourth-order valence-electron chi connectivity index (χ4n) is 2.19. The summed E-state index contributed by atoms with van der Waals surface area (Å²) in [5, 5.41) is 15.2. The summed E-state index contributed by atoms with van der Waals surface area (Å²) in [5.41, 5.74) is 0.973. The van der Waals surface area contributed by atoms with E-state index in [0.29, 0.717) is 29.5 Å². The molecule has 5 nitrogen and oxygen atoms in total. The van der Waals surface area contributed by atoms with Gasteiger partial charge in [-0.1, -0.05) is 18.5 Å². The van der Waals surface area contributed by atoms with Gasteiger partial charge in [-0.2, -0.15) is 5.26 Å². The van der Waals surface area contributed by atoms with Crippen LogP contribution < -0.4 is 10.6 Å². The zero-order chi connectivity index (χ0) is 14.5. The highest BCUT2D eigenvalue weighted by Crippen LogP contribution is 2.22. The third-order valence-corrected chi connectivity index (χ3v) is 3.55. The maximum Gasteiger partial charge on any atom is 0.231 e. The molecule has 2 unspecified atom stereocenters. The number of benzene rings is 1. The Bertz CT molecular complexity index is 542. The number of nitrogens with one attached hydrogen (secondary N) is 2. The lowest BCUT2D eigenvalue weighted by atomic mass is 10.0. The Hall–Kier alpha value is -1.61. The lowest BCUT2D eigenvalue weighted by Crippen LogP contribution is -2.41. The number of anilines is 1. The molecule has 1 aliphatic rings. The number of halogens is 1. The van der Waals surface area contributed by atoms with Crippen LogP contribution in [0.3, 0.4) is 0 Å². The van der Waals surface area contributed by atoms with Crippen LogP contribution >= 0.6 is 11.6 Å². The molecule has 1 amide bonds. The van der Waals surface area contributed by atoms with Crippen molar-refractivity contribution < 1.29 is 9.53 Å². The van der Waals surface area contributed by atoms with Gasteiger partial charge in [-0.05, 0) is 24.7 Å². The van der Waals surface area contributed by atoms with E-state index in [1.807, 2.05) is 13.0 Å². The number of rotatable bonds is 4. The van der Waals surface area contributed by atoms with Gasteiger partial charge in [-0.25, -0.2) is 0 Å². The fourth-order valence-corrected chi connectivity index (χ4v) is 2.42. The second kappa shape index (κ2) is 6.71. The topological polar surface area (TPSA) is 74.2 Å². The average Bonchev–Trinajstić information content (AvgIpc) is 2.88. The van der Waals surface area contributed by atoms with Gasteiger partial charge in [0.05, 0.1) is 29.7 Å². The van der Waals surface area contributed by atoms with E-state index in [1.165, 1.54) is 0 Å². The maximum absolute atomic E-state index is 12.2. The summed E-state index contributed by atoms with van der Waals surface area (Å²) < 4.78 is 5.35. The van der Waals surface area contributed by atoms with Crippen LogP contribution in [0.4, 0.5) is 5.69 Å². The highest BCUT2D eigenvalue weighted by molar-refractivity contribution is 6.32. The van der Waals surface area contributed by atoms with Crippen LogP contribution in [0.2, 0.25) is 5.02 Å². The van der Waals surface area contributed by atoms with Gasteiger partial charge in [0.25, 0.3) is 0 Å². The smallest absolute Gasteiger partial charge is 0.231 e. The van der Waals surface area contributed by atoms with Gasteiger partial charge in [0.2, 0.25) is 5.91 Å². The van der Waals surface area contributed by atoms with E-state index < -0.39 is 0 Å². The minimum absolute atomic E-state index is 0.0360. The molecule has 1 aromatic rings. The first-order valence-electron chi connectivity index (χ1n) is 6.47. The minimum atomic E-state index is -0.218. The highest BCUT2D eigenvalue weighted by atomic mass is 35.5. The summed E-state index contributed by atoms with van der Waals surface area (Å²) in [6.45, 7) is 3.74. The van der Waals surface area contributed by atoms with Crippen molar-refractivity contribution >= 4 is 23.2 Å². The number of likely N-dealkylation sites (N-methyl/N-ethyl adjacent to an activating group) is 1. The molecule has 6 heteroatoms. The summed E-state index contributed by atoms with van der Waals surface area (Å²) >= 11 is 5.94. The lowest BCUT2D eigenvalue weighted by molar-refractivity contribution is -0.120. The molecule has 106 valence electrons. The third-order valence-electron chi connectivity index (χ3n) is 3.24. The fraction of sp³-hybridized carbons (Fsp3) is 0.429. The first-order valence-corrected chi connectivity index (χ1v) is 6.85. The van der Waals surface area contributed by atoms with Crippen LogP contribution in [-0.4, -0.2) is 31.7 Å². The lowest BCUT2D eigenvalue weighted by Gasteiger charge is -2.17. The molecule has 1 saturated heterocycles. The van der Waals surface area contributed by atoms with Crippen LogP contribution in [0, 0.1) is 17.2 Å². The second-order valence-corrected chi connectivity index (χ2v) is 5.01. The Morgan fingerprint density at radius 3 is 3.00 bits per heavy atom. The van der Waals surface area contributed by atoms with Crippen molar-refractivity contribution in [2.75, 3.05) is 25.1 Å². The number of nitrogens with zero attached hydrogens (tertiary/aromatic N) is 1. The molecule has 1 fully saturated rings. The monoisotopic (exact) mass is 293 g/mol. The zero-order valence-corrected chi connectivity index (χ0v) is 11.9. The summed E-state index contributed by atoms with van der Waals surface area (Å²) in [6.07, 6.45) is 0. The molecule has 0 radical (unpaired) electrons. The number of ether oxygens (including phenoxy) is 1. The van der Waals surface area contributed by atoms with Gasteiger partial charge in [0.15, 0.2) is 0 Å². The van der Waals surface area contributed by atoms with Gasteiger partial charge < -0.3 is 15.4 Å². The van der Waals surface area contributed by atoms with Crippen molar-refractivity contribution in [1.29, 1.82) is 5.26 Å². The molecular formula is C14H16ClN3O2. The molecule has 0 saturated carbocycles. The predicted molar refractivity (Wildman–Crippen MR) is 76.6 cm³/mol. The van der Waals surface area contributed by atoms with Crippen molar-refractivity contribution in [3.8, 4) is 6.07 Å². The maximum atomic E-state index is 12.2. The van der Waals surface area contributed by atoms with Gasteiger partial charge >= 0.3 is 0 Å². The summed E-state index contributed by atoms with van der Waals surface area (Å²) in [5.74, 6) is -0.321. The van der Waals surface area contributed by atoms with E-state index in [9.17, 15) is 4.79 Å². The van der Waals surface area contributed by atoms with Crippen LogP contribution in [0.5, 0.6) is 0 Å². The van der Waals surface area contributed by atoms with Crippen molar-refractivity contribution in [3.63, 3.8) is 0 Å². The molecule has 0 aromatic heterocycles. The van der Waals surface area contributed by atoms with Crippen molar-refractivity contribution in [2.24, 2.45) is 5.92 Å². The van der Waals surface area contributed by atoms with Crippen molar-refractivity contribution in [1.82, 2.24) is 5.32 Å². The van der Waals surface area contributed by atoms with Gasteiger partial charge in [0, 0.05) is 11.7 Å². The highest BCUT2D eigenvalue weighted by Gasteiger charge is 2.33. The molecule has 0 spiro atoms. The minimum Gasteiger partial charge on any atom is -0.379 e. The largest absolute Gasteiger partial charge is 0.379 e. The number of nitriles is 1. The van der Waals surface area contributed by atoms with E-state index in [2.05, 4.69) is 10.6 Å². The molecule has 20 heavy (non-hydrogen) atoms. The number of hydrogen-bond acceptors (Lipinski definition) is 4. The van der Waals surface area contributed by atoms with Crippen LogP contribution in [-0.2, 0) is 9.53 Å². The zero-order valence-electron chi connectivity index (χ0n) is 11.1. The Morgan fingerprint density at radius 1 is 1.55 bits per heavy atom. The molecule has 1 aliphatic heterocycles. The number of carbonyl (C=O) groups excluding carboxylic acids is 1. The Balaban J connectivity index is 2.04. The first-order chi connectivity index (χ1) is 9.65. The Labute approximate surface area is 122 Å². The van der Waals surface area contributed by atoms with Gasteiger partial charge in [0.1, 0.15) is 6.07 Å². The number of carbonyl (C=O) groups is 1. The number of amides is 1. The molecule has 2 rings (SSSR count). The Morgan fingerprint density at radius 2 is 2.35 bits per heavy atom. The van der Waals surface area contributed by atoms with E-state index in [-0.39, 0.29) is 17.9 Å². The quantitative estimate of drug-likeness (QED) is 0.887. The Kier molecular flexibility index (Phi) is 4.96. The summed E-state index contributed by atoms with van der Waals surface area (Å²) in [7, 11) is 0. The van der Waals surface area contributed by atoms with Gasteiger partial charge in [-0.3, -0.25) is 4.79 Å². The molecule has 1 aromatic carbocycles. The van der Waals surface area contributed by atoms with Crippen LogP contribution in [0.25, 0.3) is 0 Å². The van der Waals surface area contributed by atoms with E-state index in [1.54, 1.807) is 18.2 Å². The SMILES string of the molecule is CCNC1COCC1C(=O)Nc1ccc(C#N)c(Cl)c1. The van der Waals surface area contributed by atoms with E-state index >= 15 is 0 Å². The standard InChI is InChI=1S/C14H16ClN3O2/c1-2-17-13-8-20-7-11(13)14(19)18-10-4-3-9(6-16)12(15)5-10/h3-5,11,13,17H,2,7-8H2,1H3,(H,18,19). The molecule has 1 heterocycles. The number of hydrogen-bond donors (Lipinski definition) is 2. The van der Waals surface area contributed by atoms with Crippen LogP contribution in [0.1, 0.15) is 12.5 Å². The molecular weight excluding hydrogens is 278 g/mol. The predicted octanol–water partition coefficient (Wildman–Crippen LogP) is 1.77. The molecule has 2 atom stereocenters. The molecule has 0 aliphatic carbocycles. The second-order valence-electron chi connectivity index (χ2n) is 4.60. The normalized spacial score (nSPS) is 21.4. The van der Waals surface area contributed by atoms with Gasteiger partial charge in [-0.15, -0.1) is 0 Å². The van der Waals surface area contributed by atoms with E-state index in [0.717, 1.165) is 6.54 Å². The summed E-state index contributed by atoms with van der Waals surface area (Å²) in [6, 6.07) is 6.85. The molecule has 2 N–H and O–H groups in total. The molecule has 0 bridgehead atoms. The van der Waals surface area contributed by atoms with Crippen LogP contribution in [0.15, 0.2) is 18.2 Å². The summed E-state index contributed by atoms with van der Waals surface area (Å²) in [4.78, 5) is 12.2.